The van der Waals surface area contributed by atoms with E-state index in [-0.39, 0.29) is 24.8 Å². The number of carbonyl (C=O) groups excluding carboxylic acids is 2. The van der Waals surface area contributed by atoms with E-state index in [9.17, 15) is 9.59 Å². The third-order valence-corrected chi connectivity index (χ3v) is 7.97. The predicted molar refractivity (Wildman–Crippen MR) is 166 cm³/mol. The number of nitrogens with zero attached hydrogens (tertiary/aromatic N) is 1. The zero-order valence-corrected chi connectivity index (χ0v) is 25.7. The highest BCUT2D eigenvalue weighted by Gasteiger charge is 2.22. The fraction of sp³-hybridized carbons (Fsp3) is 0.303. The maximum absolute atomic E-state index is 13.6. The number of esters is 1. The molecule has 0 atom stereocenters. The van der Waals surface area contributed by atoms with Crippen LogP contribution >= 0.6 is 11.6 Å². The lowest BCUT2D eigenvalue weighted by atomic mass is 9.98. The fourth-order valence-electron chi connectivity index (χ4n) is 5.35. The lowest BCUT2D eigenvalue weighted by Gasteiger charge is -2.10. The van der Waals surface area contributed by atoms with Crippen LogP contribution in [0.25, 0.3) is 22.0 Å². The van der Waals surface area contributed by atoms with Gasteiger partial charge < -0.3 is 24.2 Å². The molecular weight excluding hydrogens is 568 g/mol. The molecule has 3 heterocycles. The van der Waals surface area contributed by atoms with Crippen LogP contribution in [0.4, 0.5) is 0 Å². The first kappa shape index (κ1) is 30.0. The Balaban J connectivity index is 1.40. The number of aromatic nitrogens is 3. The normalized spacial score (nSPS) is 11.2. The van der Waals surface area contributed by atoms with Crippen molar-refractivity contribution in [2.45, 2.75) is 54.0 Å². The zero-order chi connectivity index (χ0) is 30.7. The Kier molecular flexibility index (Phi) is 8.92. The van der Waals surface area contributed by atoms with Crippen molar-refractivity contribution in [3.63, 3.8) is 0 Å². The number of H-pyrrole nitrogens is 2. The lowest BCUT2D eigenvalue weighted by molar-refractivity contribution is 0.0488. The molecule has 0 aliphatic rings. The zero-order valence-electron chi connectivity index (χ0n) is 24.9. The molecule has 0 aliphatic carbocycles. The quantitative estimate of drug-likeness (QED) is 0.109. The summed E-state index contributed by atoms with van der Waals surface area (Å²) in [5, 5.41) is 12.1. The Hall–Kier alpha value is -4.50. The van der Waals surface area contributed by atoms with Gasteiger partial charge in [0.15, 0.2) is 0 Å². The van der Waals surface area contributed by atoms with Gasteiger partial charge in [0.1, 0.15) is 17.2 Å². The van der Waals surface area contributed by atoms with Crippen molar-refractivity contribution in [2.24, 2.45) is 0 Å². The van der Waals surface area contributed by atoms with Crippen molar-refractivity contribution >= 4 is 34.4 Å². The molecular formula is C33H35ClN4O5. The van der Waals surface area contributed by atoms with Crippen LogP contribution in [0.2, 0.25) is 5.02 Å². The molecule has 3 aromatic heterocycles. The third kappa shape index (κ3) is 6.32. The van der Waals surface area contributed by atoms with Gasteiger partial charge >= 0.3 is 5.97 Å². The molecule has 224 valence electrons. The van der Waals surface area contributed by atoms with E-state index in [2.05, 4.69) is 20.5 Å². The summed E-state index contributed by atoms with van der Waals surface area (Å²) in [6.07, 6.45) is 1.29. The average Bonchev–Trinajstić information content (AvgIpc) is 3.70. The lowest BCUT2D eigenvalue weighted by Crippen LogP contribution is -2.24. The minimum Gasteiger partial charge on any atom is -0.494 e. The maximum atomic E-state index is 13.6. The van der Waals surface area contributed by atoms with Crippen molar-refractivity contribution in [1.29, 1.82) is 0 Å². The Morgan fingerprint density at radius 2 is 1.84 bits per heavy atom. The summed E-state index contributed by atoms with van der Waals surface area (Å²) in [4.78, 5) is 29.0. The predicted octanol–water partition coefficient (Wildman–Crippen LogP) is 7.16. The van der Waals surface area contributed by atoms with E-state index in [1.807, 2.05) is 58.0 Å². The molecule has 5 aromatic rings. The Bertz CT molecular complexity index is 1760. The van der Waals surface area contributed by atoms with Crippen LogP contribution in [0, 0.1) is 27.7 Å². The van der Waals surface area contributed by atoms with E-state index in [4.69, 9.17) is 25.5 Å². The van der Waals surface area contributed by atoms with Crippen LogP contribution < -0.4 is 10.1 Å². The average molecular weight is 603 g/mol. The molecule has 1 amide bonds. The van der Waals surface area contributed by atoms with Crippen LogP contribution in [0.5, 0.6) is 5.75 Å². The number of nitrogens with one attached hydrogen (secondary N) is 3. The van der Waals surface area contributed by atoms with Gasteiger partial charge in [0, 0.05) is 27.2 Å². The van der Waals surface area contributed by atoms with Gasteiger partial charge in [0.25, 0.3) is 5.91 Å². The molecule has 0 radical (unpaired) electrons. The number of fused-ring (bicyclic) bond motifs is 1. The Morgan fingerprint density at radius 1 is 1.07 bits per heavy atom. The number of halogens is 1. The highest BCUT2D eigenvalue weighted by Crippen LogP contribution is 2.35. The highest BCUT2D eigenvalue weighted by molar-refractivity contribution is 6.32. The molecule has 43 heavy (non-hydrogen) atoms. The second-order valence-corrected chi connectivity index (χ2v) is 10.9. The highest BCUT2D eigenvalue weighted by atomic mass is 35.5. The van der Waals surface area contributed by atoms with Crippen LogP contribution in [-0.2, 0) is 17.7 Å². The summed E-state index contributed by atoms with van der Waals surface area (Å²) in [6.45, 7) is 10.4. The molecule has 0 saturated heterocycles. The number of aromatic amines is 2. The number of hydrogen-bond acceptors (Lipinski definition) is 6. The van der Waals surface area contributed by atoms with Crippen molar-refractivity contribution in [2.75, 3.05) is 13.2 Å². The number of aryl methyl sites for hydroxylation is 5. The molecule has 0 spiro atoms. The molecule has 2 aromatic carbocycles. The molecule has 3 N–H and O–H groups in total. The topological polar surface area (TPSA) is 122 Å². The Morgan fingerprint density at radius 3 is 2.53 bits per heavy atom. The number of amides is 1. The molecule has 0 aliphatic heterocycles. The number of carbonyl (C=O) groups is 2. The second-order valence-electron chi connectivity index (χ2n) is 10.5. The molecule has 10 heteroatoms. The standard InChI is InChI=1S/C33H35ClN4O5/c1-6-41-33(40)27-13-12-22(43-27)17-35-32(39)31-25(11-8-14-42-23-15-18(2)29(34)19(3)16-23)24-9-7-10-26(30(24)36-31)28-20(4)37-38-21(28)5/h7,9-10,12-13,15-16,36H,6,8,11,14,17H2,1-5H3,(H,35,39)(H,37,38). The Labute approximate surface area is 254 Å². The minimum absolute atomic E-state index is 0.0963. The summed E-state index contributed by atoms with van der Waals surface area (Å²) in [5.41, 5.74) is 7.96. The van der Waals surface area contributed by atoms with E-state index in [0.717, 1.165) is 60.9 Å². The van der Waals surface area contributed by atoms with Gasteiger partial charge in [-0.3, -0.25) is 9.89 Å². The van der Waals surface area contributed by atoms with E-state index >= 15 is 0 Å². The van der Waals surface area contributed by atoms with Gasteiger partial charge in [-0.15, -0.1) is 0 Å². The number of benzene rings is 2. The van der Waals surface area contributed by atoms with Crippen LogP contribution in [0.3, 0.4) is 0 Å². The molecule has 9 nitrogen and oxygen atoms in total. The fourth-order valence-corrected chi connectivity index (χ4v) is 5.46. The van der Waals surface area contributed by atoms with Crippen molar-refractivity contribution < 1.29 is 23.5 Å². The van der Waals surface area contributed by atoms with Crippen LogP contribution in [-0.4, -0.2) is 40.3 Å². The number of ether oxygens (including phenoxy) is 2. The summed E-state index contributed by atoms with van der Waals surface area (Å²) in [5.74, 6) is 0.490. The van der Waals surface area contributed by atoms with E-state index < -0.39 is 5.97 Å². The van der Waals surface area contributed by atoms with Gasteiger partial charge in [-0.05, 0) is 88.4 Å². The van der Waals surface area contributed by atoms with E-state index in [0.29, 0.717) is 30.9 Å². The van der Waals surface area contributed by atoms with Gasteiger partial charge in [-0.2, -0.15) is 5.10 Å². The van der Waals surface area contributed by atoms with Crippen LogP contribution in [0.15, 0.2) is 46.9 Å². The summed E-state index contributed by atoms with van der Waals surface area (Å²) < 4.78 is 16.6. The van der Waals surface area contributed by atoms with Gasteiger partial charge in [-0.1, -0.05) is 29.8 Å². The van der Waals surface area contributed by atoms with Crippen molar-refractivity contribution in [3.05, 3.63) is 92.8 Å². The first-order valence-corrected chi connectivity index (χ1v) is 14.6. The number of furan rings is 1. The number of hydrogen-bond donors (Lipinski definition) is 3. The van der Waals surface area contributed by atoms with Crippen LogP contribution in [0.1, 0.15) is 68.2 Å². The summed E-state index contributed by atoms with van der Waals surface area (Å²) in [6, 6.07) is 13.1. The smallest absolute Gasteiger partial charge is 0.374 e. The second kappa shape index (κ2) is 12.8. The monoisotopic (exact) mass is 602 g/mol. The third-order valence-electron chi connectivity index (χ3n) is 7.38. The largest absolute Gasteiger partial charge is 0.494 e. The maximum Gasteiger partial charge on any atom is 0.374 e. The van der Waals surface area contributed by atoms with Crippen molar-refractivity contribution in [1.82, 2.24) is 20.5 Å². The molecule has 0 fully saturated rings. The summed E-state index contributed by atoms with van der Waals surface area (Å²) >= 11 is 6.31. The van der Waals surface area contributed by atoms with Gasteiger partial charge in [-0.25, -0.2) is 4.79 Å². The SMILES string of the molecule is CCOC(=O)c1ccc(CNC(=O)c2[nH]c3c(-c4c(C)n[nH]c4C)cccc3c2CCCOc2cc(C)c(Cl)c(C)c2)o1. The molecule has 0 unspecified atom stereocenters. The first-order chi connectivity index (χ1) is 20.7. The molecule has 0 bridgehead atoms. The molecule has 5 rings (SSSR count). The summed E-state index contributed by atoms with van der Waals surface area (Å²) in [7, 11) is 0. The van der Waals surface area contributed by atoms with E-state index in [1.165, 1.54) is 0 Å². The van der Waals surface area contributed by atoms with Gasteiger partial charge in [0.2, 0.25) is 5.76 Å². The first-order valence-electron chi connectivity index (χ1n) is 14.3. The van der Waals surface area contributed by atoms with Crippen molar-refractivity contribution in [3.8, 4) is 16.9 Å². The van der Waals surface area contributed by atoms with E-state index in [1.54, 1.807) is 19.1 Å². The molecule has 0 saturated carbocycles. The number of para-hydroxylation sites is 1. The van der Waals surface area contributed by atoms with Gasteiger partial charge in [0.05, 0.1) is 31.0 Å². The number of rotatable bonds is 11. The minimum atomic E-state index is -0.540.